The zero-order chi connectivity index (χ0) is 20.9. The summed E-state index contributed by atoms with van der Waals surface area (Å²) in [6.45, 7) is 4.31. The van der Waals surface area contributed by atoms with Gasteiger partial charge >= 0.3 is 0 Å². The van der Waals surface area contributed by atoms with Gasteiger partial charge in [-0.3, -0.25) is 4.79 Å². The number of hydrogen-bond acceptors (Lipinski definition) is 3. The molecule has 0 spiro atoms. The number of hydrazone groups is 1. The Labute approximate surface area is 175 Å². The molecule has 0 unspecified atom stereocenters. The number of fused-ring (bicyclic) bond motifs is 1. The molecule has 0 aliphatic carbocycles. The van der Waals surface area contributed by atoms with Gasteiger partial charge in [0.25, 0.3) is 5.91 Å². The summed E-state index contributed by atoms with van der Waals surface area (Å²) >= 11 is 0. The number of benzene rings is 3. The highest BCUT2D eigenvalue weighted by atomic mass is 16.2. The molecule has 4 rings (SSSR count). The number of nitrogens with one attached hydrogen (secondary N) is 2. The Morgan fingerprint density at radius 3 is 2.57 bits per heavy atom. The maximum absolute atomic E-state index is 12.5. The molecule has 0 fully saturated rings. The van der Waals surface area contributed by atoms with Crippen LogP contribution in [0.4, 0.5) is 0 Å². The van der Waals surface area contributed by atoms with E-state index in [4.69, 9.17) is 0 Å². The Hall–Kier alpha value is -3.73. The monoisotopic (exact) mass is 396 g/mol. The molecule has 1 amide bonds. The molecule has 0 atom stereocenters. The number of aromatic nitrogens is 2. The van der Waals surface area contributed by atoms with Crippen molar-refractivity contribution in [2.45, 2.75) is 26.2 Å². The molecule has 3 aromatic carbocycles. The van der Waals surface area contributed by atoms with E-state index in [0.717, 1.165) is 28.8 Å². The number of rotatable bonds is 6. The molecule has 0 aliphatic rings. The van der Waals surface area contributed by atoms with Crippen LogP contribution in [0.2, 0.25) is 0 Å². The van der Waals surface area contributed by atoms with Crippen LogP contribution < -0.4 is 5.43 Å². The van der Waals surface area contributed by atoms with Gasteiger partial charge in [-0.15, -0.1) is 0 Å². The topological polar surface area (TPSA) is 70.1 Å². The molecule has 1 heterocycles. The van der Waals surface area contributed by atoms with E-state index < -0.39 is 0 Å². The summed E-state index contributed by atoms with van der Waals surface area (Å²) in [6.07, 6.45) is 2.37. The van der Waals surface area contributed by atoms with E-state index in [-0.39, 0.29) is 5.91 Å². The third-order valence-electron chi connectivity index (χ3n) is 4.99. The highest BCUT2D eigenvalue weighted by molar-refractivity contribution is 5.97. The molecule has 30 heavy (non-hydrogen) atoms. The Balaban J connectivity index is 1.42. The first-order chi connectivity index (χ1) is 14.6. The molecule has 5 heteroatoms. The summed E-state index contributed by atoms with van der Waals surface area (Å²) in [5.41, 5.74) is 8.20. The van der Waals surface area contributed by atoms with E-state index in [2.05, 4.69) is 58.6 Å². The molecule has 4 aromatic rings. The van der Waals surface area contributed by atoms with Gasteiger partial charge in [0.2, 0.25) is 0 Å². The van der Waals surface area contributed by atoms with Crippen molar-refractivity contribution in [3.05, 3.63) is 101 Å². The lowest BCUT2D eigenvalue weighted by molar-refractivity contribution is 0.0955. The molecule has 150 valence electrons. The first-order valence-corrected chi connectivity index (χ1v) is 10.0. The van der Waals surface area contributed by atoms with Crippen molar-refractivity contribution in [1.82, 2.24) is 15.4 Å². The molecule has 0 bridgehead atoms. The van der Waals surface area contributed by atoms with E-state index in [0.29, 0.717) is 11.5 Å². The smallest absolute Gasteiger partial charge is 0.271 e. The zero-order valence-electron chi connectivity index (χ0n) is 17.1. The van der Waals surface area contributed by atoms with E-state index >= 15 is 0 Å². The summed E-state index contributed by atoms with van der Waals surface area (Å²) in [4.78, 5) is 20.4. The summed E-state index contributed by atoms with van der Waals surface area (Å²) in [6, 6.07) is 23.7. The van der Waals surface area contributed by atoms with Crippen molar-refractivity contribution in [3.8, 4) is 0 Å². The number of carbonyl (C=O) groups is 1. The fourth-order valence-electron chi connectivity index (χ4n) is 3.27. The predicted molar refractivity (Wildman–Crippen MR) is 121 cm³/mol. The molecular formula is C25H24N4O. The molecular weight excluding hydrogens is 372 g/mol. The number of carbonyl (C=O) groups excluding carboxylic acids is 1. The minimum absolute atomic E-state index is 0.258. The average Bonchev–Trinajstić information content (AvgIpc) is 3.16. The third-order valence-corrected chi connectivity index (χ3v) is 4.99. The molecule has 0 saturated carbocycles. The van der Waals surface area contributed by atoms with Crippen molar-refractivity contribution >= 4 is 23.2 Å². The van der Waals surface area contributed by atoms with Gasteiger partial charge < -0.3 is 4.98 Å². The first kappa shape index (κ1) is 19.6. The van der Waals surface area contributed by atoms with Crippen molar-refractivity contribution < 1.29 is 4.79 Å². The van der Waals surface area contributed by atoms with Crippen LogP contribution in [0.3, 0.4) is 0 Å². The summed E-state index contributed by atoms with van der Waals surface area (Å²) in [7, 11) is 0. The normalized spacial score (nSPS) is 11.4. The van der Waals surface area contributed by atoms with Gasteiger partial charge in [-0.1, -0.05) is 68.4 Å². The van der Waals surface area contributed by atoms with Crippen LogP contribution >= 0.6 is 0 Å². The van der Waals surface area contributed by atoms with Gasteiger partial charge in [0, 0.05) is 12.0 Å². The number of hydrogen-bond donors (Lipinski definition) is 2. The van der Waals surface area contributed by atoms with Crippen LogP contribution in [-0.2, 0) is 6.42 Å². The van der Waals surface area contributed by atoms with Crippen molar-refractivity contribution in [2.24, 2.45) is 5.10 Å². The van der Waals surface area contributed by atoms with Gasteiger partial charge in [-0.25, -0.2) is 10.4 Å². The van der Waals surface area contributed by atoms with E-state index in [9.17, 15) is 4.79 Å². The Morgan fingerprint density at radius 1 is 1.07 bits per heavy atom. The summed E-state index contributed by atoms with van der Waals surface area (Å²) in [5, 5.41) is 4.08. The van der Waals surface area contributed by atoms with Gasteiger partial charge in [-0.2, -0.15) is 5.10 Å². The maximum Gasteiger partial charge on any atom is 0.271 e. The fraction of sp³-hybridized carbons (Fsp3) is 0.160. The number of H-pyrrole nitrogens is 1. The molecule has 5 nitrogen and oxygen atoms in total. The van der Waals surface area contributed by atoms with Gasteiger partial charge in [-0.05, 0) is 40.8 Å². The molecule has 0 radical (unpaired) electrons. The van der Waals surface area contributed by atoms with Gasteiger partial charge in [0.15, 0.2) is 0 Å². The Bertz CT molecular complexity index is 1170. The lowest BCUT2D eigenvalue weighted by Gasteiger charge is -2.04. The molecule has 2 N–H and O–H groups in total. The van der Waals surface area contributed by atoms with Crippen molar-refractivity contribution in [2.75, 3.05) is 0 Å². The Morgan fingerprint density at radius 2 is 1.83 bits per heavy atom. The SMILES string of the molecule is CC(C)c1ccc(/C=N\NC(=O)c2ccc3nc(Cc4ccccc4)[nH]c3c2)cc1. The number of nitrogens with zero attached hydrogens (tertiary/aromatic N) is 2. The van der Waals surface area contributed by atoms with Crippen LogP contribution in [-0.4, -0.2) is 22.1 Å². The molecule has 0 saturated heterocycles. The quantitative estimate of drug-likeness (QED) is 0.354. The predicted octanol–water partition coefficient (Wildman–Crippen LogP) is 5.04. The third kappa shape index (κ3) is 4.63. The number of amides is 1. The van der Waals surface area contributed by atoms with Gasteiger partial charge in [0.05, 0.1) is 17.2 Å². The Kier molecular flexibility index (Phi) is 5.70. The number of aromatic amines is 1. The minimum atomic E-state index is -0.258. The first-order valence-electron chi connectivity index (χ1n) is 10.0. The standard InChI is InChI=1S/C25H24N4O/c1-17(2)20-10-8-19(9-11-20)16-26-29-25(30)21-12-13-22-23(15-21)28-24(27-22)14-18-6-4-3-5-7-18/h3-13,15-17H,14H2,1-2H3,(H,27,28)(H,29,30)/b26-16-. The van der Waals surface area contributed by atoms with E-state index in [1.165, 1.54) is 11.1 Å². The minimum Gasteiger partial charge on any atom is -0.342 e. The second-order valence-electron chi connectivity index (χ2n) is 7.60. The highest BCUT2D eigenvalue weighted by Crippen LogP contribution is 2.16. The fourth-order valence-corrected chi connectivity index (χ4v) is 3.27. The number of imidazole rings is 1. The largest absolute Gasteiger partial charge is 0.342 e. The van der Waals surface area contributed by atoms with Crippen molar-refractivity contribution in [3.63, 3.8) is 0 Å². The average molecular weight is 396 g/mol. The van der Waals surface area contributed by atoms with Crippen molar-refractivity contribution in [1.29, 1.82) is 0 Å². The van der Waals surface area contributed by atoms with Crippen LogP contribution in [0.15, 0.2) is 77.9 Å². The van der Waals surface area contributed by atoms with Crippen LogP contribution in [0.5, 0.6) is 0 Å². The zero-order valence-corrected chi connectivity index (χ0v) is 17.1. The second-order valence-corrected chi connectivity index (χ2v) is 7.60. The van der Waals surface area contributed by atoms with Gasteiger partial charge in [0.1, 0.15) is 5.82 Å². The van der Waals surface area contributed by atoms with Crippen LogP contribution in [0.1, 0.15) is 52.6 Å². The van der Waals surface area contributed by atoms with E-state index in [1.807, 2.05) is 36.4 Å². The van der Waals surface area contributed by atoms with Crippen LogP contribution in [0, 0.1) is 0 Å². The highest BCUT2D eigenvalue weighted by Gasteiger charge is 2.09. The summed E-state index contributed by atoms with van der Waals surface area (Å²) < 4.78 is 0. The molecule has 1 aromatic heterocycles. The van der Waals surface area contributed by atoms with Crippen LogP contribution in [0.25, 0.3) is 11.0 Å². The van der Waals surface area contributed by atoms with E-state index in [1.54, 1.807) is 18.3 Å². The molecule has 0 aliphatic heterocycles. The lowest BCUT2D eigenvalue weighted by Crippen LogP contribution is -2.17. The second kappa shape index (κ2) is 8.74. The lowest BCUT2D eigenvalue weighted by atomic mass is 10.0. The maximum atomic E-state index is 12.5. The summed E-state index contributed by atoms with van der Waals surface area (Å²) in [5.74, 6) is 1.10.